The summed E-state index contributed by atoms with van der Waals surface area (Å²) in [6, 6.07) is 2.02. The molecule has 2 aromatic rings. The first-order chi connectivity index (χ1) is 10.3. The fraction of sp³-hybridized carbons (Fsp3) is 0.562. The summed E-state index contributed by atoms with van der Waals surface area (Å²) < 4.78 is 0. The lowest BCUT2D eigenvalue weighted by molar-refractivity contribution is 0.274. The highest BCUT2D eigenvalue weighted by atomic mass is 15.2. The smallest absolute Gasteiger partial charge is 0.125 e. The first-order valence-corrected chi connectivity index (χ1v) is 7.86. The summed E-state index contributed by atoms with van der Waals surface area (Å²) in [5.74, 6) is 1.59. The predicted octanol–water partition coefficient (Wildman–Crippen LogP) is 1.99. The molecule has 1 fully saturated rings. The molecule has 2 aromatic heterocycles. The number of H-pyrrole nitrogens is 1. The number of fused-ring (bicyclic) bond motifs is 1. The lowest BCUT2D eigenvalue weighted by atomic mass is 10.1. The molecule has 5 heteroatoms. The van der Waals surface area contributed by atoms with Crippen LogP contribution < -0.4 is 0 Å². The Morgan fingerprint density at radius 1 is 1.29 bits per heavy atom. The summed E-state index contributed by atoms with van der Waals surface area (Å²) in [4.78, 5) is 11.2. The van der Waals surface area contributed by atoms with Gasteiger partial charge in [0.15, 0.2) is 0 Å². The van der Waals surface area contributed by atoms with Crippen molar-refractivity contribution in [3.05, 3.63) is 40.7 Å². The number of nitrogens with one attached hydrogen (secondary N) is 1. The SMILES string of the molecule is Cc1nccc(CN2CCc3[nH]nc(C4CC4)c3CC2)n1. The molecule has 0 amide bonds. The lowest BCUT2D eigenvalue weighted by Crippen LogP contribution is -2.26. The van der Waals surface area contributed by atoms with Gasteiger partial charge in [-0.2, -0.15) is 5.10 Å². The van der Waals surface area contributed by atoms with Crippen LogP contribution in [0, 0.1) is 6.92 Å². The van der Waals surface area contributed by atoms with Crippen molar-refractivity contribution in [2.75, 3.05) is 13.1 Å². The quantitative estimate of drug-likeness (QED) is 0.936. The van der Waals surface area contributed by atoms with E-state index in [2.05, 4.69) is 25.1 Å². The van der Waals surface area contributed by atoms with E-state index in [0.717, 1.165) is 49.9 Å². The van der Waals surface area contributed by atoms with Crippen molar-refractivity contribution in [3.8, 4) is 0 Å². The van der Waals surface area contributed by atoms with Crippen LogP contribution in [0.25, 0.3) is 0 Å². The number of hydrogen-bond acceptors (Lipinski definition) is 4. The average molecular weight is 283 g/mol. The van der Waals surface area contributed by atoms with E-state index in [9.17, 15) is 0 Å². The highest BCUT2D eigenvalue weighted by Gasteiger charge is 2.31. The van der Waals surface area contributed by atoms with Crippen LogP contribution >= 0.6 is 0 Å². The van der Waals surface area contributed by atoms with Crippen LogP contribution in [0.2, 0.25) is 0 Å². The van der Waals surface area contributed by atoms with Gasteiger partial charge < -0.3 is 0 Å². The molecule has 2 aliphatic rings. The molecule has 3 heterocycles. The highest BCUT2D eigenvalue weighted by molar-refractivity contribution is 5.32. The van der Waals surface area contributed by atoms with Gasteiger partial charge in [-0.25, -0.2) is 9.97 Å². The Morgan fingerprint density at radius 2 is 2.14 bits per heavy atom. The Kier molecular flexibility index (Phi) is 3.22. The second-order valence-corrected chi connectivity index (χ2v) is 6.21. The van der Waals surface area contributed by atoms with Gasteiger partial charge in [-0.05, 0) is 37.8 Å². The summed E-state index contributed by atoms with van der Waals surface area (Å²) in [6.07, 6.45) is 6.68. The maximum Gasteiger partial charge on any atom is 0.125 e. The van der Waals surface area contributed by atoms with Gasteiger partial charge in [0, 0.05) is 43.9 Å². The van der Waals surface area contributed by atoms with Gasteiger partial charge in [0.05, 0.1) is 11.4 Å². The van der Waals surface area contributed by atoms with Crippen LogP contribution in [0.15, 0.2) is 12.3 Å². The maximum absolute atomic E-state index is 4.56. The van der Waals surface area contributed by atoms with Gasteiger partial charge >= 0.3 is 0 Å². The standard InChI is InChI=1S/C16H21N5/c1-11-17-7-4-13(18-11)10-21-8-5-14-15(6-9-21)19-20-16(14)12-2-3-12/h4,7,12H,2-3,5-6,8-10H2,1H3,(H,19,20). The number of aryl methyl sites for hydroxylation is 1. The second kappa shape index (κ2) is 5.22. The molecule has 0 radical (unpaired) electrons. The van der Waals surface area contributed by atoms with Crippen molar-refractivity contribution < 1.29 is 0 Å². The predicted molar refractivity (Wildman–Crippen MR) is 80.0 cm³/mol. The molecular formula is C16H21N5. The molecule has 5 nitrogen and oxygen atoms in total. The van der Waals surface area contributed by atoms with Crippen molar-refractivity contribution in [3.63, 3.8) is 0 Å². The van der Waals surface area contributed by atoms with Gasteiger partial charge in [-0.15, -0.1) is 0 Å². The van der Waals surface area contributed by atoms with Crippen LogP contribution in [-0.2, 0) is 19.4 Å². The van der Waals surface area contributed by atoms with Gasteiger partial charge in [0.25, 0.3) is 0 Å². The summed E-state index contributed by atoms with van der Waals surface area (Å²) in [5.41, 5.74) is 5.33. The zero-order valence-corrected chi connectivity index (χ0v) is 12.5. The van der Waals surface area contributed by atoms with Gasteiger partial charge in [-0.1, -0.05) is 0 Å². The number of nitrogens with zero attached hydrogens (tertiary/aromatic N) is 4. The molecule has 0 spiro atoms. The normalized spacial score (nSPS) is 19.3. The van der Waals surface area contributed by atoms with Crippen molar-refractivity contribution in [1.82, 2.24) is 25.1 Å². The van der Waals surface area contributed by atoms with E-state index in [-0.39, 0.29) is 0 Å². The monoisotopic (exact) mass is 283 g/mol. The number of hydrogen-bond donors (Lipinski definition) is 1. The topological polar surface area (TPSA) is 57.7 Å². The number of aromatic amines is 1. The van der Waals surface area contributed by atoms with Gasteiger partial charge in [0.2, 0.25) is 0 Å². The first kappa shape index (κ1) is 13.0. The summed E-state index contributed by atoms with van der Waals surface area (Å²) in [7, 11) is 0. The summed E-state index contributed by atoms with van der Waals surface area (Å²) in [6.45, 7) is 5.03. The molecule has 0 saturated heterocycles. The third kappa shape index (κ3) is 2.70. The second-order valence-electron chi connectivity index (χ2n) is 6.21. The molecule has 0 unspecified atom stereocenters. The Labute approximate surface area is 124 Å². The van der Waals surface area contributed by atoms with Crippen LogP contribution in [-0.4, -0.2) is 38.2 Å². The zero-order chi connectivity index (χ0) is 14.2. The molecule has 0 aromatic carbocycles. The van der Waals surface area contributed by atoms with E-state index in [1.165, 1.54) is 29.8 Å². The van der Waals surface area contributed by atoms with Crippen molar-refractivity contribution in [1.29, 1.82) is 0 Å². The van der Waals surface area contributed by atoms with E-state index in [1.807, 2.05) is 19.2 Å². The van der Waals surface area contributed by atoms with E-state index < -0.39 is 0 Å². The molecule has 0 atom stereocenters. The van der Waals surface area contributed by atoms with Crippen LogP contribution in [0.1, 0.15) is 47.2 Å². The fourth-order valence-corrected chi connectivity index (χ4v) is 3.23. The number of aromatic nitrogens is 4. The molecule has 4 rings (SSSR count). The largest absolute Gasteiger partial charge is 0.297 e. The van der Waals surface area contributed by atoms with Crippen molar-refractivity contribution in [2.24, 2.45) is 0 Å². The van der Waals surface area contributed by atoms with E-state index >= 15 is 0 Å². The van der Waals surface area contributed by atoms with Gasteiger partial charge in [-0.3, -0.25) is 10.00 Å². The molecule has 1 aliphatic carbocycles. The Bertz CT molecular complexity index is 644. The Morgan fingerprint density at radius 3 is 2.95 bits per heavy atom. The molecule has 0 bridgehead atoms. The third-order valence-corrected chi connectivity index (χ3v) is 4.52. The molecule has 21 heavy (non-hydrogen) atoms. The van der Waals surface area contributed by atoms with Gasteiger partial charge in [0.1, 0.15) is 5.82 Å². The molecule has 1 aliphatic heterocycles. The van der Waals surface area contributed by atoms with E-state index in [0.29, 0.717) is 0 Å². The van der Waals surface area contributed by atoms with Crippen LogP contribution in [0.5, 0.6) is 0 Å². The van der Waals surface area contributed by atoms with Crippen LogP contribution in [0.3, 0.4) is 0 Å². The Hall–Kier alpha value is -1.75. The summed E-state index contributed by atoms with van der Waals surface area (Å²) in [5, 5.41) is 7.84. The minimum Gasteiger partial charge on any atom is -0.297 e. The van der Waals surface area contributed by atoms with Crippen LogP contribution in [0.4, 0.5) is 0 Å². The summed E-state index contributed by atoms with van der Waals surface area (Å²) >= 11 is 0. The van der Waals surface area contributed by atoms with Crippen molar-refractivity contribution >= 4 is 0 Å². The van der Waals surface area contributed by atoms with E-state index in [4.69, 9.17) is 0 Å². The first-order valence-electron chi connectivity index (χ1n) is 7.86. The number of rotatable bonds is 3. The highest BCUT2D eigenvalue weighted by Crippen LogP contribution is 2.41. The minimum atomic E-state index is 0.737. The molecule has 1 N–H and O–H groups in total. The maximum atomic E-state index is 4.56. The molecule has 1 saturated carbocycles. The molecular weight excluding hydrogens is 262 g/mol. The zero-order valence-electron chi connectivity index (χ0n) is 12.5. The molecule has 110 valence electrons. The average Bonchev–Trinajstić information content (AvgIpc) is 3.26. The lowest BCUT2D eigenvalue weighted by Gasteiger charge is -2.19. The minimum absolute atomic E-state index is 0.737. The Balaban J connectivity index is 1.46. The van der Waals surface area contributed by atoms with E-state index in [1.54, 1.807) is 0 Å². The third-order valence-electron chi connectivity index (χ3n) is 4.52. The van der Waals surface area contributed by atoms with Crippen molar-refractivity contribution in [2.45, 2.75) is 45.1 Å². The fourth-order valence-electron chi connectivity index (χ4n) is 3.23.